The SMILES string of the molecule is CCn1cccc1CNCCCN1CCCCC1. The van der Waals surface area contributed by atoms with Crippen LogP contribution >= 0.6 is 0 Å². The molecule has 0 radical (unpaired) electrons. The lowest BCUT2D eigenvalue weighted by atomic mass is 10.1. The second-order valence-corrected chi connectivity index (χ2v) is 5.22. The van der Waals surface area contributed by atoms with Crippen molar-refractivity contribution in [3.63, 3.8) is 0 Å². The maximum absolute atomic E-state index is 3.55. The lowest BCUT2D eigenvalue weighted by molar-refractivity contribution is 0.225. The monoisotopic (exact) mass is 249 g/mol. The number of nitrogens with zero attached hydrogens (tertiary/aromatic N) is 2. The molecule has 2 heterocycles. The van der Waals surface area contributed by atoms with Gasteiger partial charge in [-0.2, -0.15) is 0 Å². The van der Waals surface area contributed by atoms with Crippen LogP contribution in [0.15, 0.2) is 18.3 Å². The van der Waals surface area contributed by atoms with Gasteiger partial charge >= 0.3 is 0 Å². The van der Waals surface area contributed by atoms with Crippen LogP contribution in [-0.4, -0.2) is 35.6 Å². The number of likely N-dealkylation sites (tertiary alicyclic amines) is 1. The van der Waals surface area contributed by atoms with E-state index in [0.717, 1.165) is 19.6 Å². The molecule has 1 aromatic heterocycles. The predicted octanol–water partition coefficient (Wildman–Crippen LogP) is 2.47. The van der Waals surface area contributed by atoms with Crippen molar-refractivity contribution in [2.75, 3.05) is 26.2 Å². The highest BCUT2D eigenvalue weighted by Crippen LogP contribution is 2.08. The summed E-state index contributed by atoms with van der Waals surface area (Å²) < 4.78 is 2.30. The van der Waals surface area contributed by atoms with E-state index in [1.165, 1.54) is 51.0 Å². The fourth-order valence-corrected chi connectivity index (χ4v) is 2.75. The minimum Gasteiger partial charge on any atom is -0.351 e. The Bertz CT molecular complexity index is 326. The van der Waals surface area contributed by atoms with E-state index in [4.69, 9.17) is 0 Å². The first-order chi connectivity index (χ1) is 8.90. The van der Waals surface area contributed by atoms with Crippen LogP contribution in [0, 0.1) is 0 Å². The summed E-state index contributed by atoms with van der Waals surface area (Å²) in [6.45, 7) is 9.29. The molecule has 3 nitrogen and oxygen atoms in total. The minimum absolute atomic E-state index is 1.00. The molecule has 2 rings (SSSR count). The molecular formula is C15H27N3. The average molecular weight is 249 g/mol. The van der Waals surface area contributed by atoms with Crippen molar-refractivity contribution < 1.29 is 0 Å². The van der Waals surface area contributed by atoms with Gasteiger partial charge in [0, 0.05) is 25.0 Å². The first-order valence-corrected chi connectivity index (χ1v) is 7.47. The van der Waals surface area contributed by atoms with Crippen LogP contribution in [0.25, 0.3) is 0 Å². The lowest BCUT2D eigenvalue weighted by Gasteiger charge is -2.26. The van der Waals surface area contributed by atoms with Gasteiger partial charge in [-0.1, -0.05) is 6.42 Å². The number of aromatic nitrogens is 1. The van der Waals surface area contributed by atoms with Crippen molar-refractivity contribution in [2.24, 2.45) is 0 Å². The largest absolute Gasteiger partial charge is 0.351 e. The zero-order chi connectivity index (χ0) is 12.6. The Labute approximate surface area is 111 Å². The van der Waals surface area contributed by atoms with Crippen molar-refractivity contribution >= 4 is 0 Å². The molecule has 0 saturated carbocycles. The normalized spacial score (nSPS) is 17.2. The zero-order valence-corrected chi connectivity index (χ0v) is 11.7. The highest BCUT2D eigenvalue weighted by Gasteiger charge is 2.08. The van der Waals surface area contributed by atoms with E-state index in [1.807, 2.05) is 0 Å². The van der Waals surface area contributed by atoms with E-state index in [-0.39, 0.29) is 0 Å². The first-order valence-electron chi connectivity index (χ1n) is 7.47. The van der Waals surface area contributed by atoms with E-state index in [0.29, 0.717) is 0 Å². The lowest BCUT2D eigenvalue weighted by Crippen LogP contribution is -2.32. The van der Waals surface area contributed by atoms with Gasteiger partial charge in [-0.3, -0.25) is 0 Å². The summed E-state index contributed by atoms with van der Waals surface area (Å²) in [5, 5.41) is 3.55. The van der Waals surface area contributed by atoms with Crippen LogP contribution in [0.4, 0.5) is 0 Å². The summed E-state index contributed by atoms with van der Waals surface area (Å²) >= 11 is 0. The van der Waals surface area contributed by atoms with E-state index in [1.54, 1.807) is 0 Å². The molecule has 1 fully saturated rings. The van der Waals surface area contributed by atoms with Crippen molar-refractivity contribution in [1.82, 2.24) is 14.8 Å². The molecule has 1 saturated heterocycles. The molecule has 0 atom stereocenters. The number of nitrogens with one attached hydrogen (secondary N) is 1. The number of aryl methyl sites for hydroxylation is 1. The van der Waals surface area contributed by atoms with Crippen molar-refractivity contribution in [3.05, 3.63) is 24.0 Å². The van der Waals surface area contributed by atoms with E-state index < -0.39 is 0 Å². The molecule has 0 bridgehead atoms. The standard InChI is InChI=1S/C15H27N3/c1-2-18-13-6-8-15(18)14-16-9-7-12-17-10-4-3-5-11-17/h6,8,13,16H,2-5,7,9-12,14H2,1H3. The van der Waals surface area contributed by atoms with Crippen molar-refractivity contribution in [3.8, 4) is 0 Å². The van der Waals surface area contributed by atoms with Crippen LogP contribution < -0.4 is 5.32 Å². The van der Waals surface area contributed by atoms with E-state index in [9.17, 15) is 0 Å². The van der Waals surface area contributed by atoms with Crippen LogP contribution in [0.1, 0.15) is 38.3 Å². The Morgan fingerprint density at radius 2 is 2.06 bits per heavy atom. The number of piperidine rings is 1. The molecular weight excluding hydrogens is 222 g/mol. The summed E-state index contributed by atoms with van der Waals surface area (Å²) in [6, 6.07) is 4.34. The van der Waals surface area contributed by atoms with Gasteiger partial charge in [0.25, 0.3) is 0 Å². The number of hydrogen-bond acceptors (Lipinski definition) is 2. The number of rotatable bonds is 7. The molecule has 3 heteroatoms. The molecule has 1 N–H and O–H groups in total. The molecule has 0 spiro atoms. The third-order valence-electron chi connectivity index (χ3n) is 3.85. The Kier molecular flexibility index (Phi) is 5.75. The maximum Gasteiger partial charge on any atom is 0.0359 e. The maximum atomic E-state index is 3.55. The molecule has 0 aromatic carbocycles. The van der Waals surface area contributed by atoms with Gasteiger partial charge in [0.15, 0.2) is 0 Å². The Balaban J connectivity index is 1.55. The third kappa shape index (κ3) is 4.14. The molecule has 1 aliphatic rings. The average Bonchev–Trinajstić information content (AvgIpc) is 2.87. The van der Waals surface area contributed by atoms with Gasteiger partial charge < -0.3 is 14.8 Å². The summed E-state index contributed by atoms with van der Waals surface area (Å²) in [5.41, 5.74) is 1.40. The second-order valence-electron chi connectivity index (χ2n) is 5.22. The van der Waals surface area contributed by atoms with Crippen molar-refractivity contribution in [1.29, 1.82) is 0 Å². The molecule has 18 heavy (non-hydrogen) atoms. The number of hydrogen-bond donors (Lipinski definition) is 1. The second kappa shape index (κ2) is 7.59. The smallest absolute Gasteiger partial charge is 0.0359 e. The van der Waals surface area contributed by atoms with E-state index in [2.05, 4.69) is 40.0 Å². The zero-order valence-electron chi connectivity index (χ0n) is 11.7. The Morgan fingerprint density at radius 3 is 2.83 bits per heavy atom. The Hall–Kier alpha value is -0.800. The Morgan fingerprint density at radius 1 is 1.22 bits per heavy atom. The molecule has 0 unspecified atom stereocenters. The fraction of sp³-hybridized carbons (Fsp3) is 0.733. The van der Waals surface area contributed by atoms with Crippen molar-refractivity contribution in [2.45, 2.75) is 45.7 Å². The predicted molar refractivity (Wildman–Crippen MR) is 76.7 cm³/mol. The highest BCUT2D eigenvalue weighted by atomic mass is 15.1. The van der Waals surface area contributed by atoms with Crippen LogP contribution in [0.2, 0.25) is 0 Å². The summed E-state index contributed by atoms with van der Waals surface area (Å²) in [7, 11) is 0. The topological polar surface area (TPSA) is 20.2 Å². The molecule has 102 valence electrons. The quantitative estimate of drug-likeness (QED) is 0.749. The summed E-state index contributed by atoms with van der Waals surface area (Å²) in [5.74, 6) is 0. The highest BCUT2D eigenvalue weighted by molar-refractivity contribution is 5.06. The van der Waals surface area contributed by atoms with Gasteiger partial charge in [0.2, 0.25) is 0 Å². The van der Waals surface area contributed by atoms with Gasteiger partial charge in [-0.05, 0) is 64.5 Å². The minimum atomic E-state index is 1.00. The van der Waals surface area contributed by atoms with E-state index >= 15 is 0 Å². The summed E-state index contributed by atoms with van der Waals surface area (Å²) in [6.07, 6.45) is 7.66. The van der Waals surface area contributed by atoms with Gasteiger partial charge in [0.1, 0.15) is 0 Å². The fourth-order valence-electron chi connectivity index (χ4n) is 2.75. The van der Waals surface area contributed by atoms with Gasteiger partial charge in [0.05, 0.1) is 0 Å². The molecule has 0 amide bonds. The van der Waals surface area contributed by atoms with Crippen LogP contribution in [0.5, 0.6) is 0 Å². The van der Waals surface area contributed by atoms with Crippen LogP contribution in [-0.2, 0) is 13.1 Å². The summed E-state index contributed by atoms with van der Waals surface area (Å²) in [4.78, 5) is 2.61. The van der Waals surface area contributed by atoms with Crippen LogP contribution in [0.3, 0.4) is 0 Å². The first kappa shape index (κ1) is 13.6. The van der Waals surface area contributed by atoms with Gasteiger partial charge in [-0.25, -0.2) is 0 Å². The molecule has 1 aromatic rings. The molecule has 1 aliphatic heterocycles. The van der Waals surface area contributed by atoms with Gasteiger partial charge in [-0.15, -0.1) is 0 Å². The molecule has 0 aliphatic carbocycles. The third-order valence-corrected chi connectivity index (χ3v) is 3.85.